The van der Waals surface area contributed by atoms with E-state index in [1.807, 2.05) is 13.8 Å². The van der Waals surface area contributed by atoms with E-state index in [0.717, 1.165) is 5.56 Å². The average molecular weight is 326 g/mol. The Morgan fingerprint density at radius 2 is 1.17 bits per heavy atom. The van der Waals surface area contributed by atoms with Crippen molar-refractivity contribution in [1.82, 2.24) is 0 Å². The van der Waals surface area contributed by atoms with Crippen molar-refractivity contribution in [3.05, 3.63) is 69.8 Å². The molecule has 0 fully saturated rings. The Bertz CT molecular complexity index is 803. The third kappa shape index (κ3) is 3.20. The summed E-state index contributed by atoms with van der Waals surface area (Å²) in [5.74, 6) is -2.30. The number of aromatic carboxylic acids is 2. The lowest BCUT2D eigenvalue weighted by molar-refractivity contribution is 0.0685. The van der Waals surface area contributed by atoms with Crippen LogP contribution >= 0.6 is 0 Å². The highest BCUT2D eigenvalue weighted by Gasteiger charge is 2.20. The second-order valence-corrected chi connectivity index (χ2v) is 5.34. The Balaban J connectivity index is 2.53. The molecular formula is C19H18O5. The number of ketones is 1. The summed E-state index contributed by atoms with van der Waals surface area (Å²) in [5, 5.41) is 18.2. The lowest BCUT2D eigenvalue weighted by Gasteiger charge is -2.14. The zero-order valence-electron chi connectivity index (χ0n) is 13.5. The van der Waals surface area contributed by atoms with E-state index in [9.17, 15) is 19.5 Å². The molecule has 2 aromatic carbocycles. The first-order chi connectivity index (χ1) is 11.4. The maximum atomic E-state index is 12.8. The van der Waals surface area contributed by atoms with Crippen LogP contribution in [-0.4, -0.2) is 27.9 Å². The fourth-order valence-corrected chi connectivity index (χ4v) is 2.83. The Morgan fingerprint density at radius 3 is 1.62 bits per heavy atom. The zero-order valence-corrected chi connectivity index (χ0v) is 13.5. The normalized spacial score (nSPS) is 10.4. The molecule has 0 aliphatic rings. The van der Waals surface area contributed by atoms with Crippen LogP contribution in [0.1, 0.15) is 61.6 Å². The van der Waals surface area contributed by atoms with Gasteiger partial charge < -0.3 is 10.2 Å². The molecule has 0 aromatic heterocycles. The van der Waals surface area contributed by atoms with Crippen LogP contribution in [0.25, 0.3) is 0 Å². The zero-order chi connectivity index (χ0) is 17.9. The smallest absolute Gasteiger partial charge is 0.335 e. The van der Waals surface area contributed by atoms with Crippen LogP contribution in [0.2, 0.25) is 0 Å². The Kier molecular flexibility index (Phi) is 5.14. The van der Waals surface area contributed by atoms with E-state index in [0.29, 0.717) is 29.5 Å². The van der Waals surface area contributed by atoms with Crippen LogP contribution < -0.4 is 0 Å². The summed E-state index contributed by atoms with van der Waals surface area (Å²) >= 11 is 0. The first-order valence-corrected chi connectivity index (χ1v) is 7.66. The monoisotopic (exact) mass is 326 g/mol. The molecule has 0 saturated heterocycles. The average Bonchev–Trinajstić information content (AvgIpc) is 2.59. The van der Waals surface area contributed by atoms with Crippen LogP contribution in [0.15, 0.2) is 36.4 Å². The molecule has 5 nitrogen and oxygen atoms in total. The largest absolute Gasteiger partial charge is 0.478 e. The van der Waals surface area contributed by atoms with Crippen molar-refractivity contribution in [2.75, 3.05) is 0 Å². The van der Waals surface area contributed by atoms with E-state index < -0.39 is 11.9 Å². The summed E-state index contributed by atoms with van der Waals surface area (Å²) in [4.78, 5) is 35.0. The summed E-state index contributed by atoms with van der Waals surface area (Å²) in [6, 6.07) is 8.71. The standard InChI is InChI=1S/C19H18O5/c1-3-13-14(4-2)16(19(23)24)10-9-15(13)17(20)11-5-7-12(8-6-11)18(21)22/h5-10H,3-4H2,1-2H3,(H,21,22)(H,23,24). The molecule has 0 bridgehead atoms. The van der Waals surface area contributed by atoms with Crippen molar-refractivity contribution < 1.29 is 24.6 Å². The Hall–Kier alpha value is -2.95. The van der Waals surface area contributed by atoms with Crippen LogP contribution in [-0.2, 0) is 12.8 Å². The second-order valence-electron chi connectivity index (χ2n) is 5.34. The fraction of sp³-hybridized carbons (Fsp3) is 0.211. The molecule has 0 radical (unpaired) electrons. The van der Waals surface area contributed by atoms with Crippen molar-refractivity contribution in [2.45, 2.75) is 26.7 Å². The highest BCUT2D eigenvalue weighted by molar-refractivity contribution is 6.11. The minimum absolute atomic E-state index is 0.109. The SMILES string of the molecule is CCc1c(C(=O)O)ccc(C(=O)c2ccc(C(=O)O)cc2)c1CC. The first kappa shape index (κ1) is 17.4. The number of rotatable bonds is 6. The Labute approximate surface area is 139 Å². The molecule has 0 aliphatic heterocycles. The highest BCUT2D eigenvalue weighted by atomic mass is 16.4. The summed E-state index contributed by atoms with van der Waals surface area (Å²) in [6.45, 7) is 3.74. The van der Waals surface area contributed by atoms with Crippen molar-refractivity contribution in [2.24, 2.45) is 0 Å². The number of carbonyl (C=O) groups is 3. The van der Waals surface area contributed by atoms with Gasteiger partial charge >= 0.3 is 11.9 Å². The lowest BCUT2D eigenvalue weighted by atomic mass is 9.89. The molecule has 0 atom stereocenters. The molecule has 0 saturated carbocycles. The molecule has 124 valence electrons. The molecule has 5 heteroatoms. The van der Waals surface area contributed by atoms with Crippen molar-refractivity contribution in [1.29, 1.82) is 0 Å². The van der Waals surface area contributed by atoms with Crippen LogP contribution in [0.3, 0.4) is 0 Å². The number of carbonyl (C=O) groups excluding carboxylic acids is 1. The maximum Gasteiger partial charge on any atom is 0.335 e. The van der Waals surface area contributed by atoms with Crippen molar-refractivity contribution in [3.63, 3.8) is 0 Å². The molecule has 2 N–H and O–H groups in total. The van der Waals surface area contributed by atoms with Gasteiger partial charge in [0.2, 0.25) is 0 Å². The summed E-state index contributed by atoms with van der Waals surface area (Å²) in [6.07, 6.45) is 1.06. The number of hydrogen-bond donors (Lipinski definition) is 2. The van der Waals surface area contributed by atoms with Crippen LogP contribution in [0.4, 0.5) is 0 Å². The minimum atomic E-state index is -1.05. The molecule has 0 heterocycles. The molecule has 0 amide bonds. The molecule has 2 rings (SSSR count). The number of benzene rings is 2. The third-order valence-corrected chi connectivity index (χ3v) is 4.01. The van der Waals surface area contributed by atoms with E-state index in [2.05, 4.69) is 0 Å². The molecular weight excluding hydrogens is 308 g/mol. The van der Waals surface area contributed by atoms with E-state index in [1.54, 1.807) is 0 Å². The van der Waals surface area contributed by atoms with Gasteiger partial charge in [0.05, 0.1) is 11.1 Å². The molecule has 24 heavy (non-hydrogen) atoms. The van der Waals surface area contributed by atoms with E-state index in [-0.39, 0.29) is 16.9 Å². The van der Waals surface area contributed by atoms with Gasteiger partial charge in [-0.05, 0) is 48.2 Å². The van der Waals surface area contributed by atoms with Crippen LogP contribution in [0, 0.1) is 0 Å². The van der Waals surface area contributed by atoms with Gasteiger partial charge in [-0.25, -0.2) is 9.59 Å². The third-order valence-electron chi connectivity index (χ3n) is 4.01. The van der Waals surface area contributed by atoms with Crippen molar-refractivity contribution in [3.8, 4) is 0 Å². The molecule has 2 aromatic rings. The van der Waals surface area contributed by atoms with Gasteiger partial charge in [0, 0.05) is 11.1 Å². The quantitative estimate of drug-likeness (QED) is 0.793. The first-order valence-electron chi connectivity index (χ1n) is 7.66. The van der Waals surface area contributed by atoms with Gasteiger partial charge in [0.1, 0.15) is 0 Å². The fourth-order valence-electron chi connectivity index (χ4n) is 2.83. The topological polar surface area (TPSA) is 91.7 Å². The van der Waals surface area contributed by atoms with Gasteiger partial charge in [-0.3, -0.25) is 4.79 Å². The predicted molar refractivity (Wildman–Crippen MR) is 89.0 cm³/mol. The molecule has 0 spiro atoms. The highest BCUT2D eigenvalue weighted by Crippen LogP contribution is 2.24. The molecule has 0 aliphatic carbocycles. The minimum Gasteiger partial charge on any atom is -0.478 e. The number of carboxylic acids is 2. The lowest BCUT2D eigenvalue weighted by Crippen LogP contribution is -2.12. The number of hydrogen-bond acceptors (Lipinski definition) is 3. The number of carboxylic acid groups (broad SMARTS) is 2. The summed E-state index contributed by atoms with van der Waals surface area (Å²) in [7, 11) is 0. The molecule has 0 unspecified atom stereocenters. The Morgan fingerprint density at radius 1 is 0.708 bits per heavy atom. The van der Waals surface area contributed by atoms with Gasteiger partial charge in [0.15, 0.2) is 5.78 Å². The second kappa shape index (κ2) is 7.08. The summed E-state index contributed by atoms with van der Waals surface area (Å²) in [5.41, 5.74) is 2.55. The summed E-state index contributed by atoms with van der Waals surface area (Å²) < 4.78 is 0. The van der Waals surface area contributed by atoms with Crippen LogP contribution in [0.5, 0.6) is 0 Å². The maximum absolute atomic E-state index is 12.8. The van der Waals surface area contributed by atoms with E-state index in [4.69, 9.17) is 5.11 Å². The van der Waals surface area contributed by atoms with E-state index in [1.165, 1.54) is 36.4 Å². The van der Waals surface area contributed by atoms with Gasteiger partial charge in [-0.1, -0.05) is 26.0 Å². The predicted octanol–water partition coefficient (Wildman–Crippen LogP) is 3.44. The van der Waals surface area contributed by atoms with Crippen molar-refractivity contribution >= 4 is 17.7 Å². The van der Waals surface area contributed by atoms with Gasteiger partial charge in [-0.15, -0.1) is 0 Å². The van der Waals surface area contributed by atoms with Gasteiger partial charge in [0.25, 0.3) is 0 Å². The van der Waals surface area contributed by atoms with E-state index >= 15 is 0 Å². The van der Waals surface area contributed by atoms with Gasteiger partial charge in [-0.2, -0.15) is 0 Å².